The van der Waals surface area contributed by atoms with Crippen molar-refractivity contribution in [2.24, 2.45) is 5.92 Å². The summed E-state index contributed by atoms with van der Waals surface area (Å²) in [6.07, 6.45) is 1.80. The molecule has 4 aliphatic rings. The highest BCUT2D eigenvalue weighted by molar-refractivity contribution is 8.00. The van der Waals surface area contributed by atoms with Crippen LogP contribution >= 0.6 is 11.8 Å². The van der Waals surface area contributed by atoms with Crippen LogP contribution in [0.2, 0.25) is 0 Å². The third-order valence-corrected chi connectivity index (χ3v) is 10.2. The molecule has 2 aromatic carbocycles. The Morgan fingerprint density at radius 2 is 1.67 bits per heavy atom. The number of likely N-dealkylation sites (tertiary alicyclic amines) is 2. The molecular formula is C38H42N4O8S. The monoisotopic (exact) mass is 714 g/mol. The van der Waals surface area contributed by atoms with Crippen LogP contribution in [-0.2, 0) is 28.6 Å². The number of benzene rings is 2. The Hall–Kier alpha value is -5.04. The van der Waals surface area contributed by atoms with Gasteiger partial charge in [-0.2, -0.15) is 0 Å². The molecule has 0 bridgehead atoms. The zero-order chi connectivity index (χ0) is 36.3. The molecule has 51 heavy (non-hydrogen) atoms. The van der Waals surface area contributed by atoms with Crippen molar-refractivity contribution < 1.29 is 38.2 Å². The van der Waals surface area contributed by atoms with Crippen LogP contribution in [0.15, 0.2) is 96.2 Å². The molecule has 2 atom stereocenters. The lowest BCUT2D eigenvalue weighted by atomic mass is 9.99. The Kier molecular flexibility index (Phi) is 10.6. The van der Waals surface area contributed by atoms with E-state index >= 15 is 0 Å². The average molecular weight is 715 g/mol. The predicted molar refractivity (Wildman–Crippen MR) is 190 cm³/mol. The molecular weight excluding hydrogens is 673 g/mol. The fourth-order valence-corrected chi connectivity index (χ4v) is 7.78. The maximum atomic E-state index is 14.3. The fourth-order valence-electron chi connectivity index (χ4n) is 6.48. The summed E-state index contributed by atoms with van der Waals surface area (Å²) in [5.74, 6) is -0.915. The number of allylic oxidation sites excluding steroid dienone is 1. The molecule has 0 aromatic heterocycles. The van der Waals surface area contributed by atoms with Gasteiger partial charge in [0, 0.05) is 43.4 Å². The maximum absolute atomic E-state index is 14.3. The van der Waals surface area contributed by atoms with Crippen molar-refractivity contribution in [3.8, 4) is 0 Å². The van der Waals surface area contributed by atoms with E-state index in [1.807, 2.05) is 60.7 Å². The van der Waals surface area contributed by atoms with Crippen molar-refractivity contribution in [3.05, 3.63) is 107 Å². The Morgan fingerprint density at radius 1 is 1.02 bits per heavy atom. The molecule has 0 saturated carbocycles. The zero-order valence-electron chi connectivity index (χ0n) is 28.9. The van der Waals surface area contributed by atoms with E-state index < -0.39 is 47.2 Å². The van der Waals surface area contributed by atoms with Crippen molar-refractivity contribution >= 4 is 41.7 Å². The molecule has 0 unspecified atom stereocenters. The van der Waals surface area contributed by atoms with Gasteiger partial charge in [-0.25, -0.2) is 14.4 Å². The van der Waals surface area contributed by atoms with Crippen molar-refractivity contribution in [2.75, 3.05) is 38.5 Å². The molecule has 0 radical (unpaired) electrons. The minimum Gasteiger partial charge on any atom is -0.448 e. The predicted octanol–water partition coefficient (Wildman–Crippen LogP) is 4.79. The summed E-state index contributed by atoms with van der Waals surface area (Å²) in [5, 5.41) is 2.09. The number of alkyl carbamates (subject to hydrolysis) is 1. The van der Waals surface area contributed by atoms with E-state index in [0.29, 0.717) is 49.5 Å². The van der Waals surface area contributed by atoms with E-state index in [-0.39, 0.29) is 24.1 Å². The average Bonchev–Trinajstić information content (AvgIpc) is 3.43. The summed E-state index contributed by atoms with van der Waals surface area (Å²) in [4.78, 5) is 71.0. The molecule has 4 amide bonds. The highest BCUT2D eigenvalue weighted by Crippen LogP contribution is 2.43. The lowest BCUT2D eigenvalue weighted by Crippen LogP contribution is -2.70. The third-order valence-electron chi connectivity index (χ3n) is 8.87. The summed E-state index contributed by atoms with van der Waals surface area (Å²) in [7, 11) is 0. The van der Waals surface area contributed by atoms with Gasteiger partial charge in [0.05, 0.1) is 0 Å². The number of carbonyl (C=O) groups is 5. The molecule has 268 valence electrons. The first-order valence-electron chi connectivity index (χ1n) is 16.9. The second-order valence-electron chi connectivity index (χ2n) is 13.8. The molecule has 12 nitrogen and oxygen atoms in total. The number of hydrogen-bond acceptors (Lipinski definition) is 9. The van der Waals surface area contributed by atoms with Crippen molar-refractivity contribution in [1.29, 1.82) is 0 Å². The molecule has 0 aliphatic carbocycles. The van der Waals surface area contributed by atoms with Gasteiger partial charge < -0.3 is 29.3 Å². The minimum absolute atomic E-state index is 0.0503. The van der Waals surface area contributed by atoms with E-state index in [1.54, 1.807) is 36.6 Å². The minimum atomic E-state index is -0.902. The summed E-state index contributed by atoms with van der Waals surface area (Å²) in [5.41, 5.74) is 1.82. The van der Waals surface area contributed by atoms with Gasteiger partial charge in [0.15, 0.2) is 6.10 Å². The molecule has 1 N–H and O–H groups in total. The van der Waals surface area contributed by atoms with Crippen LogP contribution < -0.4 is 5.32 Å². The topological polar surface area (TPSA) is 135 Å². The molecule has 4 aliphatic heterocycles. The second-order valence-corrected chi connectivity index (χ2v) is 14.9. The smallest absolute Gasteiger partial charge is 0.410 e. The lowest BCUT2D eigenvalue weighted by molar-refractivity contribution is -0.153. The van der Waals surface area contributed by atoms with Crippen LogP contribution in [0, 0.1) is 5.92 Å². The standard InChI is InChI=1S/C38H42N4O8S/c1-5-18-48-37(47)41-21-24(22-41)20-40-17-16-27(32(40)43)19-28-23-51-34-29(39-36(46)50-38(2,3)4)33(44)42(34)30(28)35(45)49-31(25-12-8-6-9-13-25)26-14-10-7-11-15-26/h5-15,19,24,29,31,34H,1,16-18,20-23H2,2-4H3,(H,39,46)/b27-19+/t29-,34-/m1/s1. The maximum Gasteiger partial charge on any atom is 0.410 e. The first-order valence-corrected chi connectivity index (χ1v) is 18.0. The van der Waals surface area contributed by atoms with Crippen molar-refractivity contribution in [2.45, 2.75) is 50.3 Å². The Morgan fingerprint density at radius 3 is 2.27 bits per heavy atom. The molecule has 3 fully saturated rings. The number of ether oxygens (including phenoxy) is 3. The highest BCUT2D eigenvalue weighted by Gasteiger charge is 2.55. The number of β-lactam (4-membered cyclic amide) rings is 1. The van der Waals surface area contributed by atoms with Gasteiger partial charge in [-0.3, -0.25) is 14.5 Å². The largest absolute Gasteiger partial charge is 0.448 e. The van der Waals surface area contributed by atoms with E-state index in [2.05, 4.69) is 11.9 Å². The number of nitrogens with zero attached hydrogens (tertiary/aromatic N) is 3. The number of amides is 4. The van der Waals surface area contributed by atoms with E-state index in [9.17, 15) is 24.0 Å². The third kappa shape index (κ3) is 7.98. The van der Waals surface area contributed by atoms with E-state index in [1.165, 1.54) is 22.7 Å². The summed E-state index contributed by atoms with van der Waals surface area (Å²) < 4.78 is 16.7. The lowest BCUT2D eigenvalue weighted by Gasteiger charge is -2.49. The normalized spacial score (nSPS) is 21.3. The van der Waals surface area contributed by atoms with Crippen LogP contribution in [0.3, 0.4) is 0 Å². The number of carbonyl (C=O) groups excluding carboxylic acids is 5. The molecule has 2 aromatic rings. The first kappa shape index (κ1) is 35.8. The zero-order valence-corrected chi connectivity index (χ0v) is 29.7. The van der Waals surface area contributed by atoms with E-state index in [0.717, 1.165) is 11.1 Å². The van der Waals surface area contributed by atoms with Gasteiger partial charge in [0.2, 0.25) is 5.91 Å². The summed E-state index contributed by atoms with van der Waals surface area (Å²) in [6.45, 7) is 10.9. The molecule has 0 spiro atoms. The molecule has 13 heteroatoms. The van der Waals surface area contributed by atoms with Crippen molar-refractivity contribution in [3.63, 3.8) is 0 Å². The highest BCUT2D eigenvalue weighted by atomic mass is 32.2. The van der Waals surface area contributed by atoms with Crippen LogP contribution in [-0.4, -0.2) is 100 Å². The number of nitrogens with one attached hydrogen (secondary N) is 1. The molecule has 4 heterocycles. The fraction of sp³-hybridized carbons (Fsp3) is 0.395. The molecule has 3 saturated heterocycles. The van der Waals surface area contributed by atoms with Gasteiger partial charge in [0.1, 0.15) is 29.3 Å². The summed E-state index contributed by atoms with van der Waals surface area (Å²) >= 11 is 1.39. The Bertz CT molecular complexity index is 1710. The van der Waals surface area contributed by atoms with Gasteiger partial charge >= 0.3 is 18.2 Å². The van der Waals surface area contributed by atoms with Gasteiger partial charge in [-0.1, -0.05) is 73.3 Å². The number of esters is 1. The number of fused-ring (bicyclic) bond motifs is 1. The van der Waals surface area contributed by atoms with Crippen molar-refractivity contribution in [1.82, 2.24) is 20.0 Å². The second kappa shape index (κ2) is 15.1. The first-order chi connectivity index (χ1) is 24.4. The number of rotatable bonds is 10. The van der Waals surface area contributed by atoms with Crippen LogP contribution in [0.5, 0.6) is 0 Å². The number of hydrogen-bond donors (Lipinski definition) is 1. The van der Waals surface area contributed by atoms with E-state index in [4.69, 9.17) is 14.2 Å². The van der Waals surface area contributed by atoms with Crippen LogP contribution in [0.25, 0.3) is 0 Å². The van der Waals surface area contributed by atoms with Crippen LogP contribution in [0.1, 0.15) is 44.4 Å². The Labute approximate surface area is 301 Å². The number of thioether (sulfide) groups is 1. The quantitative estimate of drug-likeness (QED) is 0.121. The Balaban J connectivity index is 1.24. The van der Waals surface area contributed by atoms with Crippen LogP contribution in [0.4, 0.5) is 9.59 Å². The molecule has 6 rings (SSSR count). The van der Waals surface area contributed by atoms with Gasteiger partial charge in [0.25, 0.3) is 5.91 Å². The van der Waals surface area contributed by atoms with Gasteiger partial charge in [-0.05, 0) is 50.0 Å². The summed E-state index contributed by atoms with van der Waals surface area (Å²) in [6, 6.07) is 17.8. The van der Waals surface area contributed by atoms with Gasteiger partial charge in [-0.15, -0.1) is 11.8 Å². The SMILES string of the molecule is C=CCOC(=O)N1CC(CN2CC/C(=C\C3=C(C(=O)OC(c4ccccc4)c4ccccc4)N4C(=O)[C@@H](NC(=O)OC(C)(C)C)[C@H]4SC3)C2=O)C1.